The Bertz CT molecular complexity index is 1250. The molecule has 7 nitrogen and oxygen atoms in total. The minimum atomic E-state index is -0.292. The summed E-state index contributed by atoms with van der Waals surface area (Å²) >= 11 is 3.03. The number of aryl methyl sites for hydroxylation is 1. The Morgan fingerprint density at radius 1 is 0.971 bits per heavy atom. The topological polar surface area (TPSA) is 86.0 Å². The number of thioether (sulfide) groups is 1. The molecule has 0 spiro atoms. The van der Waals surface area contributed by atoms with Crippen LogP contribution in [0.15, 0.2) is 58.6 Å². The molecule has 0 bridgehead atoms. The summed E-state index contributed by atoms with van der Waals surface area (Å²) in [6, 6.07) is 15.7. The number of hydrazone groups is 1. The average molecular weight is 509 g/mol. The van der Waals surface area contributed by atoms with Crippen molar-refractivity contribution in [2.24, 2.45) is 15.5 Å². The Labute approximate surface area is 215 Å². The highest BCUT2D eigenvalue weighted by Gasteiger charge is 2.38. The first kappa shape index (κ1) is 25.2. The molecule has 0 fully saturated rings. The Morgan fingerprint density at radius 2 is 1.66 bits per heavy atom. The van der Waals surface area contributed by atoms with Gasteiger partial charge < -0.3 is 10.4 Å². The summed E-state index contributed by atoms with van der Waals surface area (Å²) < 4.78 is 0. The van der Waals surface area contributed by atoms with Gasteiger partial charge in [-0.25, -0.2) is 5.01 Å². The molecule has 35 heavy (non-hydrogen) atoms. The van der Waals surface area contributed by atoms with Crippen LogP contribution in [0.2, 0.25) is 0 Å². The molecule has 1 aromatic heterocycles. The zero-order valence-corrected chi connectivity index (χ0v) is 22.8. The van der Waals surface area contributed by atoms with Gasteiger partial charge in [0.15, 0.2) is 0 Å². The lowest BCUT2D eigenvalue weighted by atomic mass is 9.87. The smallest absolute Gasteiger partial charge is 0.234 e. The first-order valence-corrected chi connectivity index (χ1v) is 13.2. The molecule has 1 unspecified atom stereocenters. The van der Waals surface area contributed by atoms with Crippen molar-refractivity contribution in [3.05, 3.63) is 64.7 Å². The predicted octanol–water partition coefficient (Wildman–Crippen LogP) is 7.06. The average Bonchev–Trinajstić information content (AvgIpc) is 3.40. The molecule has 0 saturated carbocycles. The first-order chi connectivity index (χ1) is 16.4. The number of hydrogen-bond acceptors (Lipinski definition) is 7. The Morgan fingerprint density at radius 3 is 2.23 bits per heavy atom. The van der Waals surface area contributed by atoms with Gasteiger partial charge in [-0.1, -0.05) is 95.0 Å². The Balaban J connectivity index is 1.78. The lowest BCUT2D eigenvalue weighted by molar-refractivity contribution is 0.408. The van der Waals surface area contributed by atoms with Crippen molar-refractivity contribution >= 4 is 44.9 Å². The first-order valence-electron chi connectivity index (χ1n) is 11.5. The molecule has 184 valence electrons. The van der Waals surface area contributed by atoms with Gasteiger partial charge in [0.25, 0.3) is 0 Å². The Kier molecular flexibility index (Phi) is 6.92. The number of rotatable bonds is 3. The molecule has 2 N–H and O–H groups in total. The van der Waals surface area contributed by atoms with Gasteiger partial charge in [-0.3, -0.25) is 0 Å². The number of phenolic OH excluding ortho intramolecular Hbond substituents is 1. The van der Waals surface area contributed by atoms with E-state index in [-0.39, 0.29) is 22.0 Å². The third-order valence-corrected chi connectivity index (χ3v) is 7.76. The number of benzene rings is 2. The number of aromatic hydroxyl groups is 1. The molecular weight excluding hydrogens is 476 g/mol. The van der Waals surface area contributed by atoms with Crippen LogP contribution in [0, 0.1) is 12.3 Å². The van der Waals surface area contributed by atoms with Gasteiger partial charge in [-0.05, 0) is 36.1 Å². The molecule has 0 radical (unpaired) electrons. The molecule has 4 rings (SSSR count). The van der Waals surface area contributed by atoms with E-state index in [2.05, 4.69) is 69.2 Å². The lowest BCUT2D eigenvalue weighted by Gasteiger charge is -2.25. The summed E-state index contributed by atoms with van der Waals surface area (Å²) in [5.41, 5.74) is 2.80. The van der Waals surface area contributed by atoms with E-state index >= 15 is 0 Å². The number of aliphatic imine (C=N–C) groups is 1. The summed E-state index contributed by atoms with van der Waals surface area (Å²) in [4.78, 5) is 4.82. The molecule has 3 aromatic rings. The summed E-state index contributed by atoms with van der Waals surface area (Å²) in [6.07, 6.45) is 0. The second kappa shape index (κ2) is 9.62. The molecule has 9 heteroatoms. The molecule has 1 aliphatic heterocycles. The van der Waals surface area contributed by atoms with Gasteiger partial charge in [-0.2, -0.15) is 10.1 Å². The van der Waals surface area contributed by atoms with Crippen molar-refractivity contribution in [1.29, 1.82) is 0 Å². The molecule has 1 atom stereocenters. The number of aromatic nitrogens is 2. The van der Waals surface area contributed by atoms with Crippen LogP contribution < -0.4 is 5.32 Å². The number of nitrogens with one attached hydrogen (secondary N) is 1. The molecule has 0 aliphatic carbocycles. The molecule has 2 aromatic carbocycles. The van der Waals surface area contributed by atoms with E-state index < -0.39 is 0 Å². The predicted molar refractivity (Wildman–Crippen MR) is 148 cm³/mol. The number of para-hydroxylation sites is 1. The minimum absolute atomic E-state index is 0.0625. The van der Waals surface area contributed by atoms with Crippen molar-refractivity contribution in [3.63, 3.8) is 0 Å². The van der Waals surface area contributed by atoms with Crippen LogP contribution in [0.5, 0.6) is 5.75 Å². The highest BCUT2D eigenvalue weighted by molar-refractivity contribution is 8.14. The van der Waals surface area contributed by atoms with Gasteiger partial charge in [-0.15, -0.1) is 10.2 Å². The number of phenols is 1. The summed E-state index contributed by atoms with van der Waals surface area (Å²) in [5.74, 6) is 0.741. The van der Waals surface area contributed by atoms with E-state index in [0.717, 1.165) is 21.3 Å². The number of anilines is 1. The van der Waals surface area contributed by atoms with Crippen LogP contribution in [-0.4, -0.2) is 31.3 Å². The van der Waals surface area contributed by atoms with Gasteiger partial charge in [0.2, 0.25) is 11.1 Å². The van der Waals surface area contributed by atoms with E-state index in [1.807, 2.05) is 42.3 Å². The molecule has 0 amide bonds. The Hall–Kier alpha value is -2.91. The maximum atomic E-state index is 10.7. The highest BCUT2D eigenvalue weighted by Crippen LogP contribution is 2.47. The fourth-order valence-corrected chi connectivity index (χ4v) is 5.28. The zero-order chi connectivity index (χ0) is 25.4. The normalized spacial score (nSPS) is 17.0. The fraction of sp³-hybridized carbons (Fsp3) is 0.385. The fourth-order valence-electron chi connectivity index (χ4n) is 3.45. The van der Waals surface area contributed by atoms with Crippen molar-refractivity contribution in [2.45, 2.75) is 59.3 Å². The van der Waals surface area contributed by atoms with Gasteiger partial charge in [0.05, 0.1) is 0 Å². The zero-order valence-electron chi connectivity index (χ0n) is 21.2. The van der Waals surface area contributed by atoms with Crippen LogP contribution in [-0.2, 0) is 5.41 Å². The quantitative estimate of drug-likeness (QED) is 0.291. The maximum Gasteiger partial charge on any atom is 0.234 e. The molecule has 2 heterocycles. The summed E-state index contributed by atoms with van der Waals surface area (Å²) in [7, 11) is 0. The van der Waals surface area contributed by atoms with E-state index in [1.54, 1.807) is 17.8 Å². The standard InChI is InChI=1S/C26H32N6OS2/c1-16-29-30-24(34-16)28-23(27-18-14-12-17(13-15-18)25(2,3)4)32-21(19-10-8-9-11-20(19)33)35-22(31-32)26(5,6)7/h8-15,21,33H,1-7H3,(H,27,28,30). The van der Waals surface area contributed by atoms with Crippen molar-refractivity contribution in [2.75, 3.05) is 5.32 Å². The highest BCUT2D eigenvalue weighted by atomic mass is 32.2. The molecule has 1 aliphatic rings. The lowest BCUT2D eigenvalue weighted by Crippen LogP contribution is -2.32. The largest absolute Gasteiger partial charge is 0.508 e. The van der Waals surface area contributed by atoms with E-state index in [0.29, 0.717) is 11.1 Å². The van der Waals surface area contributed by atoms with Crippen LogP contribution in [0.25, 0.3) is 0 Å². The van der Waals surface area contributed by atoms with Crippen LogP contribution >= 0.6 is 23.1 Å². The maximum absolute atomic E-state index is 10.7. The van der Waals surface area contributed by atoms with E-state index in [1.165, 1.54) is 16.9 Å². The summed E-state index contributed by atoms with van der Waals surface area (Å²) in [6.45, 7) is 14.9. The number of hydrogen-bond donors (Lipinski definition) is 2. The van der Waals surface area contributed by atoms with Gasteiger partial charge in [0, 0.05) is 16.7 Å². The van der Waals surface area contributed by atoms with E-state index in [4.69, 9.17) is 10.1 Å². The number of nitrogens with zero attached hydrogens (tertiary/aromatic N) is 5. The monoisotopic (exact) mass is 508 g/mol. The van der Waals surface area contributed by atoms with Gasteiger partial charge in [0.1, 0.15) is 21.2 Å². The molecule has 0 saturated heterocycles. The van der Waals surface area contributed by atoms with Crippen LogP contribution in [0.3, 0.4) is 0 Å². The third-order valence-electron chi connectivity index (χ3n) is 5.43. The van der Waals surface area contributed by atoms with Crippen molar-refractivity contribution in [1.82, 2.24) is 15.2 Å². The van der Waals surface area contributed by atoms with Gasteiger partial charge >= 0.3 is 0 Å². The second-order valence-electron chi connectivity index (χ2n) is 10.5. The minimum Gasteiger partial charge on any atom is -0.508 e. The van der Waals surface area contributed by atoms with Crippen LogP contribution in [0.4, 0.5) is 10.8 Å². The second-order valence-corrected chi connectivity index (χ2v) is 12.7. The van der Waals surface area contributed by atoms with Crippen LogP contribution in [0.1, 0.15) is 63.1 Å². The SMILES string of the molecule is Cc1nnc(/N=C(\Nc2ccc(C(C)(C)C)cc2)N2N=C(C(C)(C)C)SC2c2ccccc2O)s1. The third kappa shape index (κ3) is 5.85. The molecular formula is C26H32N6OS2. The van der Waals surface area contributed by atoms with Crippen molar-refractivity contribution < 1.29 is 5.11 Å². The van der Waals surface area contributed by atoms with Crippen molar-refractivity contribution in [3.8, 4) is 5.75 Å². The number of guanidine groups is 1. The van der Waals surface area contributed by atoms with E-state index in [9.17, 15) is 5.11 Å². The summed E-state index contributed by atoms with van der Waals surface area (Å²) in [5, 5.41) is 31.3.